The summed E-state index contributed by atoms with van der Waals surface area (Å²) in [6.45, 7) is 9.00. The minimum Gasteiger partial charge on any atom is -0.377 e. The molecule has 0 saturated carbocycles. The molecule has 2 aliphatic heterocycles. The lowest BCUT2D eigenvalue weighted by Crippen LogP contribution is -2.49. The van der Waals surface area contributed by atoms with Crippen LogP contribution in [0.1, 0.15) is 12.8 Å². The van der Waals surface area contributed by atoms with E-state index in [1.807, 2.05) is 4.90 Å². The Morgan fingerprint density at radius 1 is 1.38 bits per heavy atom. The summed E-state index contributed by atoms with van der Waals surface area (Å²) in [5.74, 6) is 0.0526. The van der Waals surface area contributed by atoms with Crippen LogP contribution in [-0.4, -0.2) is 61.1 Å². The molecule has 4 nitrogen and oxygen atoms in total. The van der Waals surface area contributed by atoms with Crippen molar-refractivity contribution in [1.29, 1.82) is 0 Å². The van der Waals surface area contributed by atoms with Crippen molar-refractivity contribution in [2.75, 3.05) is 39.3 Å². The van der Waals surface area contributed by atoms with E-state index in [-0.39, 0.29) is 5.91 Å². The summed E-state index contributed by atoms with van der Waals surface area (Å²) in [5, 5.41) is 0. The highest BCUT2D eigenvalue weighted by atomic mass is 16.5. The first kappa shape index (κ1) is 11.6. The minimum atomic E-state index is 0.0526. The first-order valence-corrected chi connectivity index (χ1v) is 6.05. The highest BCUT2D eigenvalue weighted by Crippen LogP contribution is 2.14. The Balaban J connectivity index is 1.72. The monoisotopic (exact) mass is 224 g/mol. The molecule has 2 saturated heterocycles. The molecule has 2 heterocycles. The van der Waals surface area contributed by atoms with E-state index in [4.69, 9.17) is 4.74 Å². The van der Waals surface area contributed by atoms with E-state index in [9.17, 15) is 4.79 Å². The molecule has 0 spiro atoms. The summed E-state index contributed by atoms with van der Waals surface area (Å²) in [6.07, 6.45) is 4.20. The number of piperazine rings is 1. The second-order valence-electron chi connectivity index (χ2n) is 4.47. The molecular weight excluding hydrogens is 204 g/mol. The van der Waals surface area contributed by atoms with Crippen molar-refractivity contribution < 1.29 is 9.53 Å². The third kappa shape index (κ3) is 2.83. The van der Waals surface area contributed by atoms with Gasteiger partial charge in [0.05, 0.1) is 6.10 Å². The Bertz CT molecular complexity index is 254. The predicted molar refractivity (Wildman–Crippen MR) is 62.2 cm³/mol. The van der Waals surface area contributed by atoms with Crippen LogP contribution in [0.25, 0.3) is 0 Å². The molecule has 1 amide bonds. The summed E-state index contributed by atoms with van der Waals surface area (Å²) < 4.78 is 5.61. The summed E-state index contributed by atoms with van der Waals surface area (Å²) in [6, 6.07) is 0. The van der Waals surface area contributed by atoms with Gasteiger partial charge in [-0.1, -0.05) is 6.58 Å². The molecule has 0 N–H and O–H groups in total. The van der Waals surface area contributed by atoms with Gasteiger partial charge in [-0.2, -0.15) is 0 Å². The number of nitrogens with zero attached hydrogens (tertiary/aromatic N) is 2. The smallest absolute Gasteiger partial charge is 0.246 e. The fraction of sp³-hybridized carbons (Fsp3) is 0.750. The van der Waals surface area contributed by atoms with Crippen molar-refractivity contribution in [1.82, 2.24) is 9.80 Å². The molecule has 0 aromatic carbocycles. The van der Waals surface area contributed by atoms with Gasteiger partial charge in [-0.25, -0.2) is 0 Å². The number of carbonyl (C=O) groups is 1. The van der Waals surface area contributed by atoms with E-state index in [2.05, 4.69) is 11.5 Å². The summed E-state index contributed by atoms with van der Waals surface area (Å²) in [7, 11) is 0. The van der Waals surface area contributed by atoms with Crippen LogP contribution in [0.3, 0.4) is 0 Å². The van der Waals surface area contributed by atoms with Crippen LogP contribution in [0, 0.1) is 0 Å². The van der Waals surface area contributed by atoms with Crippen LogP contribution in [0.2, 0.25) is 0 Å². The van der Waals surface area contributed by atoms with Crippen LogP contribution in [-0.2, 0) is 9.53 Å². The van der Waals surface area contributed by atoms with Crippen molar-refractivity contribution in [2.45, 2.75) is 18.9 Å². The van der Waals surface area contributed by atoms with Crippen LogP contribution in [0.5, 0.6) is 0 Å². The van der Waals surface area contributed by atoms with E-state index < -0.39 is 0 Å². The largest absolute Gasteiger partial charge is 0.377 e. The van der Waals surface area contributed by atoms with Gasteiger partial charge in [0.15, 0.2) is 0 Å². The molecule has 0 bridgehead atoms. The van der Waals surface area contributed by atoms with E-state index in [0.717, 1.165) is 39.3 Å². The van der Waals surface area contributed by atoms with Crippen LogP contribution in [0.4, 0.5) is 0 Å². The van der Waals surface area contributed by atoms with E-state index in [1.165, 1.54) is 18.9 Å². The molecule has 90 valence electrons. The number of hydrogen-bond acceptors (Lipinski definition) is 3. The molecule has 2 rings (SSSR count). The second kappa shape index (κ2) is 5.46. The lowest BCUT2D eigenvalue weighted by molar-refractivity contribution is -0.127. The number of carbonyl (C=O) groups excluding carboxylic acids is 1. The number of ether oxygens (including phenoxy) is 1. The van der Waals surface area contributed by atoms with E-state index in [1.54, 1.807) is 0 Å². The number of hydrogen-bond donors (Lipinski definition) is 0. The SMILES string of the molecule is C=CC(=O)N1CCN(CC2CCCO2)CC1. The average Bonchev–Trinajstić information content (AvgIpc) is 2.82. The Kier molecular flexibility index (Phi) is 3.96. The highest BCUT2D eigenvalue weighted by molar-refractivity contribution is 5.87. The fourth-order valence-corrected chi connectivity index (χ4v) is 2.36. The molecule has 0 aliphatic carbocycles. The average molecular weight is 224 g/mol. The van der Waals surface area contributed by atoms with Crippen molar-refractivity contribution >= 4 is 5.91 Å². The predicted octanol–water partition coefficient (Wildman–Crippen LogP) is 0.496. The molecule has 2 aliphatic rings. The first-order valence-electron chi connectivity index (χ1n) is 6.05. The van der Waals surface area contributed by atoms with Crippen LogP contribution >= 0.6 is 0 Å². The molecule has 0 radical (unpaired) electrons. The van der Waals surface area contributed by atoms with Gasteiger partial charge in [-0.05, 0) is 18.9 Å². The maximum atomic E-state index is 11.4. The van der Waals surface area contributed by atoms with Crippen molar-refractivity contribution in [3.8, 4) is 0 Å². The molecule has 4 heteroatoms. The zero-order valence-electron chi connectivity index (χ0n) is 9.73. The molecule has 2 fully saturated rings. The standard InChI is InChI=1S/C12H20N2O2/c1-2-12(15)14-7-5-13(6-8-14)10-11-4-3-9-16-11/h2,11H,1,3-10H2. The van der Waals surface area contributed by atoms with Crippen LogP contribution < -0.4 is 0 Å². The van der Waals surface area contributed by atoms with Crippen molar-refractivity contribution in [2.24, 2.45) is 0 Å². The van der Waals surface area contributed by atoms with Crippen molar-refractivity contribution in [3.05, 3.63) is 12.7 Å². The second-order valence-corrected chi connectivity index (χ2v) is 4.47. The number of amides is 1. The lowest BCUT2D eigenvalue weighted by atomic mass is 10.2. The Morgan fingerprint density at radius 2 is 2.12 bits per heavy atom. The maximum Gasteiger partial charge on any atom is 0.246 e. The maximum absolute atomic E-state index is 11.4. The molecule has 0 aromatic heterocycles. The van der Waals surface area contributed by atoms with Gasteiger partial charge in [0.25, 0.3) is 0 Å². The summed E-state index contributed by atoms with van der Waals surface area (Å²) in [5.41, 5.74) is 0. The molecule has 16 heavy (non-hydrogen) atoms. The Labute approximate surface area is 96.8 Å². The molecule has 1 unspecified atom stereocenters. The topological polar surface area (TPSA) is 32.8 Å². The minimum absolute atomic E-state index is 0.0526. The quantitative estimate of drug-likeness (QED) is 0.654. The molecule has 1 atom stereocenters. The van der Waals surface area contributed by atoms with Gasteiger partial charge in [-0.15, -0.1) is 0 Å². The van der Waals surface area contributed by atoms with Gasteiger partial charge in [-0.3, -0.25) is 9.69 Å². The third-order valence-corrected chi connectivity index (χ3v) is 3.34. The van der Waals surface area contributed by atoms with Gasteiger partial charge in [0.1, 0.15) is 0 Å². The van der Waals surface area contributed by atoms with Gasteiger partial charge < -0.3 is 9.64 Å². The molecular formula is C12H20N2O2. The lowest BCUT2D eigenvalue weighted by Gasteiger charge is -2.35. The Hall–Kier alpha value is -0.870. The third-order valence-electron chi connectivity index (χ3n) is 3.34. The summed E-state index contributed by atoms with van der Waals surface area (Å²) >= 11 is 0. The van der Waals surface area contributed by atoms with Gasteiger partial charge >= 0.3 is 0 Å². The zero-order valence-corrected chi connectivity index (χ0v) is 9.73. The molecule has 0 aromatic rings. The van der Waals surface area contributed by atoms with E-state index >= 15 is 0 Å². The first-order chi connectivity index (χ1) is 7.79. The zero-order chi connectivity index (χ0) is 11.4. The van der Waals surface area contributed by atoms with Gasteiger partial charge in [0, 0.05) is 39.3 Å². The highest BCUT2D eigenvalue weighted by Gasteiger charge is 2.23. The summed E-state index contributed by atoms with van der Waals surface area (Å²) in [4.78, 5) is 15.6. The number of rotatable bonds is 3. The van der Waals surface area contributed by atoms with Gasteiger partial charge in [0.2, 0.25) is 5.91 Å². The normalized spacial score (nSPS) is 27.0. The van der Waals surface area contributed by atoms with Crippen LogP contribution in [0.15, 0.2) is 12.7 Å². The fourth-order valence-electron chi connectivity index (χ4n) is 2.36. The van der Waals surface area contributed by atoms with E-state index in [0.29, 0.717) is 6.10 Å². The van der Waals surface area contributed by atoms with Crippen molar-refractivity contribution in [3.63, 3.8) is 0 Å². The Morgan fingerprint density at radius 3 is 2.69 bits per heavy atom.